The SMILES string of the molecule is CS(C)(C)CCOCN(c1cccnn1)S(=O)(=O)c1c(F)cc(NCc2c(F)cccc2CN2CCC2)cc1F. The second-order valence-electron chi connectivity index (χ2n) is 10.4. The van der Waals surface area contributed by atoms with Crippen LogP contribution in [0.2, 0.25) is 0 Å². The van der Waals surface area contributed by atoms with Gasteiger partial charge in [0.25, 0.3) is 10.0 Å². The van der Waals surface area contributed by atoms with Crippen molar-refractivity contribution < 1.29 is 26.3 Å². The summed E-state index contributed by atoms with van der Waals surface area (Å²) in [5.74, 6) is -2.46. The molecule has 3 aromatic rings. The van der Waals surface area contributed by atoms with E-state index in [1.165, 1.54) is 24.4 Å². The Bertz CT molecular complexity index is 1400. The molecule has 40 heavy (non-hydrogen) atoms. The first kappa shape index (κ1) is 30.1. The number of ether oxygens (including phenoxy) is 1. The first-order valence-electron chi connectivity index (χ1n) is 12.7. The summed E-state index contributed by atoms with van der Waals surface area (Å²) in [6.07, 6.45) is 8.72. The Morgan fingerprint density at radius 1 is 1.02 bits per heavy atom. The summed E-state index contributed by atoms with van der Waals surface area (Å²) in [5, 5.41) is 10.3. The van der Waals surface area contributed by atoms with Gasteiger partial charge in [-0.3, -0.25) is 4.90 Å². The second kappa shape index (κ2) is 12.8. The van der Waals surface area contributed by atoms with E-state index in [1.54, 1.807) is 6.07 Å². The average molecular weight is 598 g/mol. The molecule has 0 bridgehead atoms. The summed E-state index contributed by atoms with van der Waals surface area (Å²) in [6.45, 7) is 2.17. The van der Waals surface area contributed by atoms with Crippen LogP contribution < -0.4 is 9.62 Å². The zero-order valence-corrected chi connectivity index (χ0v) is 24.4. The largest absolute Gasteiger partial charge is 0.381 e. The minimum absolute atomic E-state index is 0.0254. The summed E-state index contributed by atoms with van der Waals surface area (Å²) in [6, 6.07) is 9.36. The van der Waals surface area contributed by atoms with Crippen LogP contribution in [-0.2, 0) is 27.8 Å². The number of nitrogens with zero attached hydrogens (tertiary/aromatic N) is 4. The lowest BCUT2D eigenvalue weighted by molar-refractivity contribution is 0.159. The van der Waals surface area contributed by atoms with Crippen LogP contribution in [0.25, 0.3) is 0 Å². The molecule has 1 aliphatic heterocycles. The molecule has 13 heteroatoms. The monoisotopic (exact) mass is 597 g/mol. The number of halogens is 3. The minimum Gasteiger partial charge on any atom is -0.381 e. The lowest BCUT2D eigenvalue weighted by atomic mass is 10.0. The minimum atomic E-state index is -4.77. The van der Waals surface area contributed by atoms with Gasteiger partial charge in [-0.2, -0.15) is 5.10 Å². The van der Waals surface area contributed by atoms with Crippen molar-refractivity contribution in [1.82, 2.24) is 15.1 Å². The van der Waals surface area contributed by atoms with Gasteiger partial charge in [0.2, 0.25) is 0 Å². The Morgan fingerprint density at radius 2 is 1.75 bits per heavy atom. The molecular formula is C27H34F3N5O3S2. The van der Waals surface area contributed by atoms with Gasteiger partial charge in [-0.05, 0) is 74.2 Å². The van der Waals surface area contributed by atoms with E-state index in [9.17, 15) is 12.8 Å². The first-order chi connectivity index (χ1) is 19.0. The molecule has 0 spiro atoms. The van der Waals surface area contributed by atoms with Gasteiger partial charge < -0.3 is 10.1 Å². The molecule has 1 N–H and O–H groups in total. The van der Waals surface area contributed by atoms with Gasteiger partial charge >= 0.3 is 0 Å². The highest BCUT2D eigenvalue weighted by Crippen LogP contribution is 2.34. The van der Waals surface area contributed by atoms with Gasteiger partial charge in [0.05, 0.1) is 6.61 Å². The molecular weight excluding hydrogens is 563 g/mol. The van der Waals surface area contributed by atoms with Crippen molar-refractivity contribution in [1.29, 1.82) is 0 Å². The van der Waals surface area contributed by atoms with E-state index in [1.807, 2.05) is 6.07 Å². The molecule has 218 valence electrons. The van der Waals surface area contributed by atoms with Crippen LogP contribution in [0.4, 0.5) is 24.7 Å². The predicted molar refractivity (Wildman–Crippen MR) is 153 cm³/mol. The summed E-state index contributed by atoms with van der Waals surface area (Å²) >= 11 is 0. The molecule has 1 aliphatic rings. The van der Waals surface area contributed by atoms with Crippen LogP contribution in [0.5, 0.6) is 0 Å². The van der Waals surface area contributed by atoms with Crippen LogP contribution in [-0.4, -0.2) is 74.5 Å². The number of rotatable bonds is 13. The normalized spacial score (nSPS) is 14.6. The zero-order chi connectivity index (χ0) is 28.9. The fourth-order valence-corrected chi connectivity index (χ4v) is 6.09. The second-order valence-corrected chi connectivity index (χ2v) is 16.8. The van der Waals surface area contributed by atoms with Gasteiger partial charge in [0.15, 0.2) is 10.7 Å². The molecule has 0 aliphatic carbocycles. The van der Waals surface area contributed by atoms with E-state index >= 15 is 8.78 Å². The fraction of sp³-hybridized carbons (Fsp3) is 0.407. The highest BCUT2D eigenvalue weighted by Gasteiger charge is 2.33. The van der Waals surface area contributed by atoms with Crippen LogP contribution in [0, 0.1) is 17.5 Å². The molecule has 8 nitrogen and oxygen atoms in total. The standard InChI is InChI=1S/C27H34F3N5O3S2/c1-39(2,3)14-13-38-19-35(26-9-5-10-32-33-26)40(36,37)27-24(29)15-21(16-25(27)30)31-17-22-20(7-4-8-23(22)28)18-34-11-6-12-34/h4-5,7-10,15-16,31H,6,11-14,17-19H2,1-3H3. The third-order valence-electron chi connectivity index (χ3n) is 6.44. The van der Waals surface area contributed by atoms with Gasteiger partial charge in [0.1, 0.15) is 24.2 Å². The molecule has 4 rings (SSSR count). The lowest BCUT2D eigenvalue weighted by Crippen LogP contribution is -2.36. The van der Waals surface area contributed by atoms with Crippen molar-refractivity contribution >= 4 is 31.6 Å². The average Bonchev–Trinajstić information content (AvgIpc) is 2.85. The fourth-order valence-electron chi connectivity index (χ4n) is 4.08. The molecule has 0 amide bonds. The molecule has 1 saturated heterocycles. The van der Waals surface area contributed by atoms with Gasteiger partial charge in [-0.1, -0.05) is 12.1 Å². The maximum atomic E-state index is 15.3. The van der Waals surface area contributed by atoms with Crippen molar-refractivity contribution in [2.45, 2.75) is 24.4 Å². The Balaban J connectivity index is 1.55. The summed E-state index contributed by atoms with van der Waals surface area (Å²) in [5.41, 5.74) is 1.14. The van der Waals surface area contributed by atoms with Gasteiger partial charge in [-0.25, -0.2) is 35.9 Å². The van der Waals surface area contributed by atoms with E-state index in [4.69, 9.17) is 4.74 Å². The van der Waals surface area contributed by atoms with Gasteiger partial charge in [-0.15, -0.1) is 5.10 Å². The molecule has 0 atom stereocenters. The van der Waals surface area contributed by atoms with Crippen LogP contribution in [0.3, 0.4) is 0 Å². The maximum Gasteiger partial charge on any atom is 0.273 e. The molecule has 2 heterocycles. The van der Waals surface area contributed by atoms with E-state index < -0.39 is 49.1 Å². The van der Waals surface area contributed by atoms with Crippen molar-refractivity contribution in [2.24, 2.45) is 0 Å². The molecule has 0 unspecified atom stereocenters. The van der Waals surface area contributed by atoms with E-state index in [2.05, 4.69) is 39.2 Å². The third kappa shape index (κ3) is 7.45. The van der Waals surface area contributed by atoms with Crippen LogP contribution in [0.1, 0.15) is 17.5 Å². The Kier molecular flexibility index (Phi) is 9.60. The summed E-state index contributed by atoms with van der Waals surface area (Å²) in [4.78, 5) is 1.03. The zero-order valence-electron chi connectivity index (χ0n) is 22.7. The van der Waals surface area contributed by atoms with Crippen molar-refractivity contribution in [3.05, 3.63) is 77.2 Å². The topological polar surface area (TPSA) is 87.7 Å². The number of aromatic nitrogens is 2. The Hall–Kier alpha value is -2.87. The molecule has 2 aromatic carbocycles. The number of hydrogen-bond donors (Lipinski definition) is 1. The van der Waals surface area contributed by atoms with E-state index in [0.717, 1.165) is 37.2 Å². The molecule has 0 saturated carbocycles. The van der Waals surface area contributed by atoms with Crippen LogP contribution >= 0.6 is 10.0 Å². The highest BCUT2D eigenvalue weighted by atomic mass is 32.3. The third-order valence-corrected chi connectivity index (χ3v) is 9.61. The lowest BCUT2D eigenvalue weighted by Gasteiger charge is -2.31. The summed E-state index contributed by atoms with van der Waals surface area (Å²) in [7, 11) is -5.67. The number of benzene rings is 2. The van der Waals surface area contributed by atoms with E-state index in [-0.39, 0.29) is 24.7 Å². The van der Waals surface area contributed by atoms with E-state index in [0.29, 0.717) is 22.2 Å². The Labute approximate surface area is 234 Å². The molecule has 0 radical (unpaired) electrons. The first-order valence-corrected chi connectivity index (χ1v) is 17.2. The quantitative estimate of drug-likeness (QED) is 0.228. The number of nitrogens with one attached hydrogen (secondary N) is 1. The maximum absolute atomic E-state index is 15.3. The Morgan fingerprint density at radius 3 is 2.35 bits per heavy atom. The predicted octanol–water partition coefficient (Wildman–Crippen LogP) is 4.58. The summed E-state index contributed by atoms with van der Waals surface area (Å²) < 4.78 is 78.5. The highest BCUT2D eigenvalue weighted by molar-refractivity contribution is 8.32. The number of anilines is 2. The number of likely N-dealkylation sites (tertiary alicyclic amines) is 1. The van der Waals surface area contributed by atoms with Crippen molar-refractivity contribution in [3.8, 4) is 0 Å². The number of hydrogen-bond acceptors (Lipinski definition) is 7. The van der Waals surface area contributed by atoms with Crippen molar-refractivity contribution in [3.63, 3.8) is 0 Å². The van der Waals surface area contributed by atoms with Gasteiger partial charge in [0, 0.05) is 36.3 Å². The van der Waals surface area contributed by atoms with Crippen LogP contribution in [0.15, 0.2) is 53.6 Å². The smallest absolute Gasteiger partial charge is 0.273 e. The number of sulfonamides is 1. The van der Waals surface area contributed by atoms with Crippen molar-refractivity contribution in [2.75, 3.05) is 60.6 Å². The molecule has 1 fully saturated rings. The molecule has 1 aromatic heterocycles.